The summed E-state index contributed by atoms with van der Waals surface area (Å²) in [6.45, 7) is 4.60. The fourth-order valence-electron chi connectivity index (χ4n) is 3.82. The molecule has 220 valence electrons. The molecule has 4 aromatic carbocycles. The number of amides is 2. The highest BCUT2D eigenvalue weighted by Crippen LogP contribution is 2.29. The molecule has 0 saturated carbocycles. The second-order valence-electron chi connectivity index (χ2n) is 8.84. The zero-order chi connectivity index (χ0) is 30.8. The number of carbonyl (C=O) groups excluding carboxylic acids is 3. The third-order valence-electron chi connectivity index (χ3n) is 5.81. The van der Waals surface area contributed by atoms with Crippen LogP contribution in [0.5, 0.6) is 17.2 Å². The van der Waals surface area contributed by atoms with Gasteiger partial charge in [-0.3, -0.25) is 9.59 Å². The highest BCUT2D eigenvalue weighted by Gasteiger charge is 2.14. The first-order valence-electron chi connectivity index (χ1n) is 13.2. The summed E-state index contributed by atoms with van der Waals surface area (Å²) < 4.78 is 18.3. The first-order valence-corrected chi connectivity index (χ1v) is 14.8. The van der Waals surface area contributed by atoms with Crippen molar-refractivity contribution in [2.24, 2.45) is 5.10 Å². The van der Waals surface area contributed by atoms with Crippen LogP contribution in [0.15, 0.2) is 99.0 Å². The van der Waals surface area contributed by atoms with Gasteiger partial charge >= 0.3 is 5.97 Å². The van der Waals surface area contributed by atoms with E-state index in [1.807, 2.05) is 13.8 Å². The Labute approximate surface area is 265 Å². The smallest absolute Gasteiger partial charge is 0.343 e. The largest absolute Gasteiger partial charge is 0.490 e. The van der Waals surface area contributed by atoms with E-state index in [1.165, 1.54) is 12.3 Å². The fourth-order valence-corrected chi connectivity index (χ4v) is 4.46. The number of anilines is 1. The standard InChI is InChI=1S/C32H27Br2N3O6/c1-3-41-28-14-10-22(18-29(28)42-4-2)30(38)36-26-7-5-6-21(17-26)31(39)37-35-19-23-16-25(34)13-15-27(23)43-32(40)20-8-11-24(33)12-9-20/h5-19H,3-4H2,1-2H3,(H,36,38)(H,37,39). The third-order valence-corrected chi connectivity index (χ3v) is 6.83. The Hall–Kier alpha value is -4.48. The van der Waals surface area contributed by atoms with Gasteiger partial charge in [0.05, 0.1) is 25.0 Å². The molecule has 4 aromatic rings. The van der Waals surface area contributed by atoms with Gasteiger partial charge in [0.2, 0.25) is 0 Å². The maximum Gasteiger partial charge on any atom is 0.343 e. The Morgan fingerprint density at radius 1 is 0.721 bits per heavy atom. The van der Waals surface area contributed by atoms with Gasteiger partial charge in [-0.25, -0.2) is 10.2 Å². The van der Waals surface area contributed by atoms with Crippen molar-refractivity contribution in [3.8, 4) is 17.2 Å². The number of carbonyl (C=O) groups is 3. The Bertz CT molecular complexity index is 1660. The first kappa shape index (κ1) is 31.5. The normalized spacial score (nSPS) is 10.7. The SMILES string of the molecule is CCOc1ccc(C(=O)Nc2cccc(C(=O)NN=Cc3cc(Br)ccc3OC(=O)c3ccc(Br)cc3)c2)cc1OCC. The number of benzene rings is 4. The lowest BCUT2D eigenvalue weighted by Crippen LogP contribution is -2.18. The van der Waals surface area contributed by atoms with Gasteiger partial charge in [0.25, 0.3) is 11.8 Å². The van der Waals surface area contributed by atoms with Crippen LogP contribution in [0.25, 0.3) is 0 Å². The molecular formula is C32H27Br2N3O6. The Balaban J connectivity index is 1.42. The molecule has 0 bridgehead atoms. The molecule has 0 spiro atoms. The molecule has 2 amide bonds. The number of ether oxygens (including phenoxy) is 3. The number of esters is 1. The number of nitrogens with zero attached hydrogens (tertiary/aromatic N) is 1. The van der Waals surface area contributed by atoms with Crippen molar-refractivity contribution < 1.29 is 28.6 Å². The van der Waals surface area contributed by atoms with Gasteiger partial charge in [-0.05, 0) is 92.7 Å². The van der Waals surface area contributed by atoms with Crippen molar-refractivity contribution in [2.45, 2.75) is 13.8 Å². The van der Waals surface area contributed by atoms with Gasteiger partial charge in [0.1, 0.15) is 5.75 Å². The zero-order valence-electron chi connectivity index (χ0n) is 23.2. The van der Waals surface area contributed by atoms with E-state index in [1.54, 1.807) is 78.9 Å². The Morgan fingerprint density at radius 3 is 2.12 bits per heavy atom. The summed E-state index contributed by atoms with van der Waals surface area (Å²) in [4.78, 5) is 38.4. The maximum atomic E-state index is 12.9. The average Bonchev–Trinajstić information content (AvgIpc) is 3.00. The second kappa shape index (κ2) is 15.1. The topological polar surface area (TPSA) is 115 Å². The van der Waals surface area contributed by atoms with Crippen LogP contribution >= 0.6 is 31.9 Å². The predicted octanol–water partition coefficient (Wildman–Crippen LogP) is 7.24. The van der Waals surface area contributed by atoms with Gasteiger partial charge in [0.15, 0.2) is 11.5 Å². The number of hydrogen-bond donors (Lipinski definition) is 2. The summed E-state index contributed by atoms with van der Waals surface area (Å²) in [5.41, 5.74) is 4.37. The minimum Gasteiger partial charge on any atom is -0.490 e. The highest BCUT2D eigenvalue weighted by atomic mass is 79.9. The minimum atomic E-state index is -0.535. The van der Waals surface area contributed by atoms with Gasteiger partial charge in [-0.1, -0.05) is 37.9 Å². The minimum absolute atomic E-state index is 0.264. The molecule has 11 heteroatoms. The van der Waals surface area contributed by atoms with E-state index in [4.69, 9.17) is 14.2 Å². The van der Waals surface area contributed by atoms with Crippen LogP contribution in [0, 0.1) is 0 Å². The van der Waals surface area contributed by atoms with E-state index >= 15 is 0 Å². The number of hydrogen-bond acceptors (Lipinski definition) is 7. The molecule has 43 heavy (non-hydrogen) atoms. The van der Waals surface area contributed by atoms with Crippen LogP contribution in [0.2, 0.25) is 0 Å². The molecule has 0 aliphatic carbocycles. The zero-order valence-corrected chi connectivity index (χ0v) is 26.4. The van der Waals surface area contributed by atoms with Crippen LogP contribution in [0.4, 0.5) is 5.69 Å². The summed E-state index contributed by atoms with van der Waals surface area (Å²) in [5, 5.41) is 6.84. The molecule has 2 N–H and O–H groups in total. The third kappa shape index (κ3) is 8.76. The summed E-state index contributed by atoms with van der Waals surface area (Å²) in [5.74, 6) is -0.125. The van der Waals surface area contributed by atoms with E-state index in [0.29, 0.717) is 47.1 Å². The van der Waals surface area contributed by atoms with E-state index < -0.39 is 11.9 Å². The first-order chi connectivity index (χ1) is 20.8. The van der Waals surface area contributed by atoms with Crippen molar-refractivity contribution in [3.63, 3.8) is 0 Å². The lowest BCUT2D eigenvalue weighted by Gasteiger charge is -2.12. The van der Waals surface area contributed by atoms with Gasteiger partial charge in [-0.15, -0.1) is 0 Å². The highest BCUT2D eigenvalue weighted by molar-refractivity contribution is 9.10. The lowest BCUT2D eigenvalue weighted by atomic mass is 10.1. The summed E-state index contributed by atoms with van der Waals surface area (Å²) in [7, 11) is 0. The maximum absolute atomic E-state index is 12.9. The molecule has 0 fully saturated rings. The Kier molecular flexibility index (Phi) is 11.1. The number of nitrogens with one attached hydrogen (secondary N) is 2. The molecule has 0 heterocycles. The summed E-state index contributed by atoms with van der Waals surface area (Å²) in [6.07, 6.45) is 1.38. The van der Waals surface area contributed by atoms with Gasteiger partial charge in [0, 0.05) is 31.3 Å². The van der Waals surface area contributed by atoms with Crippen LogP contribution in [-0.2, 0) is 0 Å². The monoisotopic (exact) mass is 707 g/mol. The van der Waals surface area contributed by atoms with Crippen LogP contribution < -0.4 is 25.0 Å². The van der Waals surface area contributed by atoms with Crippen LogP contribution in [-0.4, -0.2) is 37.2 Å². The van der Waals surface area contributed by atoms with E-state index in [9.17, 15) is 14.4 Å². The Morgan fingerprint density at radius 2 is 1.37 bits per heavy atom. The van der Waals surface area contributed by atoms with Crippen molar-refractivity contribution >= 4 is 61.5 Å². The summed E-state index contributed by atoms with van der Waals surface area (Å²) in [6, 6.07) is 23.2. The average molecular weight is 709 g/mol. The predicted molar refractivity (Wildman–Crippen MR) is 171 cm³/mol. The quantitative estimate of drug-likeness (QED) is 0.0735. The fraction of sp³-hybridized carbons (Fsp3) is 0.125. The molecule has 0 aromatic heterocycles. The molecule has 0 unspecified atom stereocenters. The summed E-state index contributed by atoms with van der Waals surface area (Å²) >= 11 is 6.74. The van der Waals surface area contributed by atoms with Crippen molar-refractivity contribution in [1.82, 2.24) is 5.43 Å². The van der Waals surface area contributed by atoms with Gasteiger partial charge < -0.3 is 19.5 Å². The van der Waals surface area contributed by atoms with E-state index in [0.717, 1.165) is 8.95 Å². The van der Waals surface area contributed by atoms with Crippen molar-refractivity contribution in [2.75, 3.05) is 18.5 Å². The molecule has 0 atom stereocenters. The molecule has 0 radical (unpaired) electrons. The van der Waals surface area contributed by atoms with Crippen LogP contribution in [0.1, 0.15) is 50.5 Å². The molecule has 4 rings (SSSR count). The van der Waals surface area contributed by atoms with Crippen molar-refractivity contribution in [3.05, 3.63) is 116 Å². The number of hydrazone groups is 1. The lowest BCUT2D eigenvalue weighted by molar-refractivity contribution is 0.0733. The molecule has 0 aliphatic heterocycles. The number of rotatable bonds is 11. The van der Waals surface area contributed by atoms with Crippen LogP contribution in [0.3, 0.4) is 0 Å². The molecule has 9 nitrogen and oxygen atoms in total. The number of halogens is 2. The van der Waals surface area contributed by atoms with Crippen molar-refractivity contribution in [1.29, 1.82) is 0 Å². The molecule has 0 saturated heterocycles. The van der Waals surface area contributed by atoms with E-state index in [-0.39, 0.29) is 17.2 Å². The molecule has 0 aliphatic rings. The van der Waals surface area contributed by atoms with Gasteiger partial charge in [-0.2, -0.15) is 5.10 Å². The van der Waals surface area contributed by atoms with E-state index in [2.05, 4.69) is 47.7 Å². The second-order valence-corrected chi connectivity index (χ2v) is 10.7. The molecular weight excluding hydrogens is 682 g/mol.